The zero-order valence-electron chi connectivity index (χ0n) is 18.3. The summed E-state index contributed by atoms with van der Waals surface area (Å²) in [5, 5.41) is 4.86. The Bertz CT molecular complexity index is 1140. The lowest BCUT2D eigenvalue weighted by Crippen LogP contribution is -2.38. The molecule has 0 saturated heterocycles. The van der Waals surface area contributed by atoms with E-state index in [1.807, 2.05) is 80.3 Å². The molecule has 3 aromatic rings. The van der Waals surface area contributed by atoms with E-state index in [4.69, 9.17) is 4.74 Å². The van der Waals surface area contributed by atoms with E-state index >= 15 is 0 Å². The molecule has 0 aromatic heterocycles. The third-order valence-electron chi connectivity index (χ3n) is 5.64. The van der Waals surface area contributed by atoms with Gasteiger partial charge in [0.2, 0.25) is 5.91 Å². The normalized spacial score (nSPS) is 13.2. The smallest absolute Gasteiger partial charge is 0.260 e. The molecule has 1 aliphatic heterocycles. The predicted molar refractivity (Wildman–Crippen MR) is 125 cm³/mol. The Morgan fingerprint density at radius 3 is 2.68 bits per heavy atom. The number of fused-ring (bicyclic) bond motifs is 2. The van der Waals surface area contributed by atoms with Crippen molar-refractivity contribution >= 4 is 34.0 Å². The van der Waals surface area contributed by atoms with Crippen LogP contribution in [0.2, 0.25) is 0 Å². The van der Waals surface area contributed by atoms with Gasteiger partial charge in [-0.3, -0.25) is 9.59 Å². The highest BCUT2D eigenvalue weighted by atomic mass is 16.5. The molecule has 0 radical (unpaired) electrons. The van der Waals surface area contributed by atoms with Gasteiger partial charge in [-0.1, -0.05) is 50.2 Å². The predicted octanol–water partition coefficient (Wildman–Crippen LogP) is 5.43. The number of carbonyl (C=O) groups is 2. The van der Waals surface area contributed by atoms with Crippen LogP contribution in [0, 0.1) is 5.92 Å². The van der Waals surface area contributed by atoms with Gasteiger partial charge in [-0.05, 0) is 54.3 Å². The van der Waals surface area contributed by atoms with Crippen LogP contribution in [0.3, 0.4) is 0 Å². The van der Waals surface area contributed by atoms with Crippen LogP contribution < -0.4 is 15.0 Å². The molecule has 5 nitrogen and oxygen atoms in total. The maximum atomic E-state index is 13.3. The molecule has 0 fully saturated rings. The Kier molecular flexibility index (Phi) is 5.94. The lowest BCUT2D eigenvalue weighted by molar-refractivity contribution is -0.121. The highest BCUT2D eigenvalue weighted by Gasteiger charge is 2.25. The molecule has 0 atom stereocenters. The lowest BCUT2D eigenvalue weighted by Gasteiger charge is -2.31. The number of ether oxygens (including phenoxy) is 1. The molecule has 4 rings (SSSR count). The van der Waals surface area contributed by atoms with Crippen molar-refractivity contribution in [2.75, 3.05) is 23.4 Å². The molecule has 0 unspecified atom stereocenters. The van der Waals surface area contributed by atoms with E-state index in [0.29, 0.717) is 30.2 Å². The third kappa shape index (κ3) is 4.13. The first-order valence-corrected chi connectivity index (χ1v) is 10.9. The molecular formula is C26H28N2O3. The van der Waals surface area contributed by atoms with E-state index in [-0.39, 0.29) is 17.7 Å². The Hall–Kier alpha value is -3.34. The minimum absolute atomic E-state index is 0.0753. The Balaban J connectivity index is 1.69. The minimum atomic E-state index is -0.224. The summed E-state index contributed by atoms with van der Waals surface area (Å²) >= 11 is 0. The summed E-state index contributed by atoms with van der Waals surface area (Å²) in [5.41, 5.74) is 3.22. The van der Waals surface area contributed by atoms with Crippen molar-refractivity contribution in [1.29, 1.82) is 0 Å². The molecule has 0 bridgehead atoms. The van der Waals surface area contributed by atoms with E-state index in [1.165, 1.54) is 0 Å². The van der Waals surface area contributed by atoms with Crippen molar-refractivity contribution in [3.8, 4) is 5.75 Å². The van der Waals surface area contributed by atoms with Crippen LogP contribution in [0.5, 0.6) is 5.75 Å². The van der Waals surface area contributed by atoms with Gasteiger partial charge in [-0.25, -0.2) is 0 Å². The molecular weight excluding hydrogens is 388 g/mol. The highest BCUT2D eigenvalue weighted by Crippen LogP contribution is 2.33. The minimum Gasteiger partial charge on any atom is -0.493 e. The van der Waals surface area contributed by atoms with Crippen LogP contribution in [0.15, 0.2) is 54.6 Å². The van der Waals surface area contributed by atoms with Crippen LogP contribution in [-0.2, 0) is 11.2 Å². The van der Waals surface area contributed by atoms with Crippen molar-refractivity contribution < 1.29 is 14.3 Å². The van der Waals surface area contributed by atoms with Crippen molar-refractivity contribution in [3.63, 3.8) is 0 Å². The Morgan fingerprint density at radius 1 is 1.10 bits per heavy atom. The first-order chi connectivity index (χ1) is 15.0. The van der Waals surface area contributed by atoms with Gasteiger partial charge in [0, 0.05) is 23.8 Å². The molecule has 3 aromatic carbocycles. The van der Waals surface area contributed by atoms with Crippen LogP contribution in [0.4, 0.5) is 11.4 Å². The van der Waals surface area contributed by atoms with Gasteiger partial charge in [0.25, 0.3) is 5.91 Å². The number of anilines is 2. The topological polar surface area (TPSA) is 58.6 Å². The quantitative estimate of drug-likeness (QED) is 0.604. The molecule has 1 heterocycles. The fourth-order valence-corrected chi connectivity index (χ4v) is 4.15. The summed E-state index contributed by atoms with van der Waals surface area (Å²) < 4.78 is 5.76. The van der Waals surface area contributed by atoms with Gasteiger partial charge in [0.15, 0.2) is 0 Å². The van der Waals surface area contributed by atoms with Crippen molar-refractivity contribution in [2.45, 2.75) is 33.6 Å². The third-order valence-corrected chi connectivity index (χ3v) is 5.64. The van der Waals surface area contributed by atoms with E-state index in [0.717, 1.165) is 34.9 Å². The van der Waals surface area contributed by atoms with Crippen LogP contribution in [0.25, 0.3) is 10.8 Å². The number of rotatable bonds is 5. The lowest BCUT2D eigenvalue weighted by atomic mass is 9.99. The summed E-state index contributed by atoms with van der Waals surface area (Å²) in [4.78, 5) is 27.9. The molecule has 1 aliphatic rings. The molecule has 0 saturated carbocycles. The van der Waals surface area contributed by atoms with E-state index < -0.39 is 0 Å². The first-order valence-electron chi connectivity index (χ1n) is 10.9. The molecule has 0 aliphatic carbocycles. The zero-order chi connectivity index (χ0) is 22.0. The SMILES string of the molecule is CCOc1ccc2ccccc2c1C(=O)Nc1ccc2c(c1)N(C(=O)C(C)C)CCC2. The van der Waals surface area contributed by atoms with Gasteiger partial charge < -0.3 is 15.0 Å². The second kappa shape index (κ2) is 8.80. The number of aryl methyl sites for hydroxylation is 1. The molecule has 2 amide bonds. The van der Waals surface area contributed by atoms with Gasteiger partial charge >= 0.3 is 0 Å². The molecule has 160 valence electrons. The average Bonchev–Trinajstić information content (AvgIpc) is 2.78. The van der Waals surface area contributed by atoms with Gasteiger partial charge in [0.05, 0.1) is 12.2 Å². The van der Waals surface area contributed by atoms with E-state index in [2.05, 4.69) is 5.32 Å². The number of hydrogen-bond donors (Lipinski definition) is 1. The van der Waals surface area contributed by atoms with Crippen molar-refractivity contribution in [1.82, 2.24) is 0 Å². The Morgan fingerprint density at radius 2 is 1.90 bits per heavy atom. The largest absolute Gasteiger partial charge is 0.493 e. The maximum absolute atomic E-state index is 13.3. The fourth-order valence-electron chi connectivity index (χ4n) is 4.15. The van der Waals surface area contributed by atoms with E-state index in [1.54, 1.807) is 0 Å². The van der Waals surface area contributed by atoms with Gasteiger partial charge in [-0.2, -0.15) is 0 Å². The Labute approximate surface area is 183 Å². The number of nitrogens with one attached hydrogen (secondary N) is 1. The van der Waals surface area contributed by atoms with E-state index in [9.17, 15) is 9.59 Å². The summed E-state index contributed by atoms with van der Waals surface area (Å²) in [7, 11) is 0. The van der Waals surface area contributed by atoms with Gasteiger partial charge in [0.1, 0.15) is 5.75 Å². The standard InChI is InChI=1S/C26H28N2O3/c1-4-31-23-14-12-18-8-5-6-10-21(18)24(23)25(29)27-20-13-11-19-9-7-15-28(22(19)16-20)26(30)17(2)3/h5-6,8,10-14,16-17H,4,7,9,15H2,1-3H3,(H,27,29). The fraction of sp³-hybridized carbons (Fsp3) is 0.308. The highest BCUT2D eigenvalue weighted by molar-refractivity contribution is 6.15. The molecule has 31 heavy (non-hydrogen) atoms. The first kappa shape index (κ1) is 20.9. The number of hydrogen-bond acceptors (Lipinski definition) is 3. The summed E-state index contributed by atoms with van der Waals surface area (Å²) in [6.07, 6.45) is 1.88. The van der Waals surface area contributed by atoms with Crippen molar-refractivity contribution in [3.05, 3.63) is 65.7 Å². The maximum Gasteiger partial charge on any atom is 0.260 e. The summed E-state index contributed by atoms with van der Waals surface area (Å²) in [5.74, 6) is 0.372. The molecule has 0 spiro atoms. The number of benzene rings is 3. The molecule has 5 heteroatoms. The zero-order valence-corrected chi connectivity index (χ0v) is 18.3. The van der Waals surface area contributed by atoms with Crippen molar-refractivity contribution in [2.24, 2.45) is 5.92 Å². The monoisotopic (exact) mass is 416 g/mol. The van der Waals surface area contributed by atoms with Crippen LogP contribution in [-0.4, -0.2) is 25.0 Å². The van der Waals surface area contributed by atoms with Crippen LogP contribution >= 0.6 is 0 Å². The summed E-state index contributed by atoms with van der Waals surface area (Å²) in [6.45, 7) is 6.92. The number of nitrogens with zero attached hydrogens (tertiary/aromatic N) is 1. The van der Waals surface area contributed by atoms with Gasteiger partial charge in [-0.15, -0.1) is 0 Å². The molecule has 1 N–H and O–H groups in total. The number of carbonyl (C=O) groups excluding carboxylic acids is 2. The van der Waals surface area contributed by atoms with Crippen LogP contribution in [0.1, 0.15) is 43.1 Å². The summed E-state index contributed by atoms with van der Waals surface area (Å²) in [6, 6.07) is 17.4. The average molecular weight is 417 g/mol. The number of amides is 2. The second-order valence-electron chi connectivity index (χ2n) is 8.14. The second-order valence-corrected chi connectivity index (χ2v) is 8.14.